The van der Waals surface area contributed by atoms with Crippen LogP contribution in [-0.4, -0.2) is 34.2 Å². The van der Waals surface area contributed by atoms with Crippen LogP contribution in [0.3, 0.4) is 0 Å². The number of nitrogens with one attached hydrogen (secondary N) is 1. The third-order valence-electron chi connectivity index (χ3n) is 4.65. The van der Waals surface area contributed by atoms with Crippen molar-refractivity contribution in [2.24, 2.45) is 0 Å². The number of hydrogen-bond donors (Lipinski definition) is 1. The molecule has 1 saturated heterocycles. The summed E-state index contributed by atoms with van der Waals surface area (Å²) in [4.78, 5) is 42.7. The molecular formula is C20H21N3O3. The molecule has 1 unspecified atom stereocenters. The summed E-state index contributed by atoms with van der Waals surface area (Å²) in [5.74, 6) is -0.397. The maximum absolute atomic E-state index is 12.8. The van der Waals surface area contributed by atoms with Crippen molar-refractivity contribution in [1.29, 1.82) is 0 Å². The summed E-state index contributed by atoms with van der Waals surface area (Å²) >= 11 is 0. The van der Waals surface area contributed by atoms with Crippen LogP contribution in [0.2, 0.25) is 0 Å². The lowest BCUT2D eigenvalue weighted by atomic mass is 9.97. The van der Waals surface area contributed by atoms with E-state index in [9.17, 15) is 14.4 Å². The standard InChI is InChI=1S/C20H21N3O3/c1-13(2)14-7-9-15(10-8-14)16(24)12-23-18(25)20(3,22-19(23)26)17-6-4-5-11-21-17/h4-11,13H,12H2,1-3H3,(H,22,26). The van der Waals surface area contributed by atoms with E-state index in [0.717, 1.165) is 10.5 Å². The molecule has 1 aliphatic heterocycles. The Balaban J connectivity index is 1.78. The molecule has 3 amide bonds. The zero-order chi connectivity index (χ0) is 18.9. The van der Waals surface area contributed by atoms with Crippen LogP contribution in [0.4, 0.5) is 4.79 Å². The van der Waals surface area contributed by atoms with E-state index in [1.165, 1.54) is 0 Å². The molecule has 0 saturated carbocycles. The molecule has 0 bridgehead atoms. The number of carbonyl (C=O) groups excluding carboxylic acids is 3. The molecule has 0 radical (unpaired) electrons. The molecule has 6 heteroatoms. The van der Waals surface area contributed by atoms with E-state index in [1.807, 2.05) is 12.1 Å². The predicted octanol–water partition coefficient (Wildman–Crippen LogP) is 2.85. The molecule has 1 fully saturated rings. The molecule has 1 aliphatic rings. The average Bonchev–Trinajstić information content (AvgIpc) is 2.86. The number of amides is 3. The van der Waals surface area contributed by atoms with Gasteiger partial charge in [0.15, 0.2) is 11.3 Å². The Morgan fingerprint density at radius 1 is 1.15 bits per heavy atom. The molecule has 1 aromatic carbocycles. The van der Waals surface area contributed by atoms with Gasteiger partial charge in [-0.3, -0.25) is 19.5 Å². The summed E-state index contributed by atoms with van der Waals surface area (Å²) in [6.45, 7) is 5.44. The van der Waals surface area contributed by atoms with Crippen molar-refractivity contribution in [2.75, 3.05) is 6.54 Å². The van der Waals surface area contributed by atoms with Crippen molar-refractivity contribution in [3.63, 3.8) is 0 Å². The summed E-state index contributed by atoms with van der Waals surface area (Å²) in [7, 11) is 0. The number of ketones is 1. The molecular weight excluding hydrogens is 330 g/mol. The number of nitrogens with zero attached hydrogens (tertiary/aromatic N) is 2. The molecule has 1 atom stereocenters. The minimum atomic E-state index is -1.26. The fourth-order valence-electron chi connectivity index (χ4n) is 2.96. The fourth-order valence-corrected chi connectivity index (χ4v) is 2.96. The third-order valence-corrected chi connectivity index (χ3v) is 4.65. The van der Waals surface area contributed by atoms with Gasteiger partial charge in [0, 0.05) is 11.8 Å². The van der Waals surface area contributed by atoms with Gasteiger partial charge in [-0.1, -0.05) is 44.2 Å². The highest BCUT2D eigenvalue weighted by atomic mass is 16.2. The Bertz CT molecular complexity index is 846. The Labute approximate surface area is 152 Å². The number of aromatic nitrogens is 1. The first-order valence-corrected chi connectivity index (χ1v) is 8.51. The second kappa shape index (κ2) is 6.71. The normalized spacial score (nSPS) is 19.8. The highest BCUT2D eigenvalue weighted by Gasteiger charge is 2.50. The largest absolute Gasteiger partial charge is 0.325 e. The van der Waals surface area contributed by atoms with Gasteiger partial charge in [-0.25, -0.2) is 4.79 Å². The minimum absolute atomic E-state index is 0.283. The quantitative estimate of drug-likeness (QED) is 0.663. The maximum Gasteiger partial charge on any atom is 0.325 e. The molecule has 1 N–H and O–H groups in total. The maximum atomic E-state index is 12.8. The smallest absolute Gasteiger partial charge is 0.318 e. The SMILES string of the molecule is CC(C)c1ccc(C(=O)CN2C(=O)NC(C)(c3ccccn3)C2=O)cc1. The first-order valence-electron chi connectivity index (χ1n) is 8.51. The van der Waals surface area contributed by atoms with E-state index in [2.05, 4.69) is 24.1 Å². The second-order valence-electron chi connectivity index (χ2n) is 6.86. The minimum Gasteiger partial charge on any atom is -0.318 e. The van der Waals surface area contributed by atoms with E-state index in [-0.39, 0.29) is 12.3 Å². The van der Waals surface area contributed by atoms with Gasteiger partial charge in [0.1, 0.15) is 0 Å². The van der Waals surface area contributed by atoms with E-state index in [0.29, 0.717) is 17.2 Å². The summed E-state index contributed by atoms with van der Waals surface area (Å²) in [5, 5.41) is 2.65. The van der Waals surface area contributed by atoms with Crippen molar-refractivity contribution in [1.82, 2.24) is 15.2 Å². The molecule has 2 heterocycles. The van der Waals surface area contributed by atoms with Crippen molar-refractivity contribution in [3.05, 3.63) is 65.5 Å². The van der Waals surface area contributed by atoms with Crippen LogP contribution < -0.4 is 5.32 Å². The Morgan fingerprint density at radius 2 is 1.85 bits per heavy atom. The number of rotatable bonds is 5. The number of hydrogen-bond acceptors (Lipinski definition) is 4. The number of benzene rings is 1. The van der Waals surface area contributed by atoms with Crippen LogP contribution in [0.15, 0.2) is 48.7 Å². The summed E-state index contributed by atoms with van der Waals surface area (Å²) in [5.41, 5.74) is 0.774. The molecule has 1 aromatic heterocycles. The van der Waals surface area contributed by atoms with Gasteiger partial charge in [-0.05, 0) is 30.5 Å². The first kappa shape index (κ1) is 17.8. The van der Waals surface area contributed by atoms with Gasteiger partial charge in [-0.2, -0.15) is 0 Å². The van der Waals surface area contributed by atoms with Gasteiger partial charge in [0.05, 0.1) is 12.2 Å². The highest BCUT2D eigenvalue weighted by Crippen LogP contribution is 2.27. The lowest BCUT2D eigenvalue weighted by Crippen LogP contribution is -2.42. The lowest BCUT2D eigenvalue weighted by Gasteiger charge is -2.20. The second-order valence-corrected chi connectivity index (χ2v) is 6.86. The van der Waals surface area contributed by atoms with Crippen molar-refractivity contribution in [3.8, 4) is 0 Å². The molecule has 0 aliphatic carbocycles. The predicted molar refractivity (Wildman–Crippen MR) is 96.7 cm³/mol. The first-order chi connectivity index (χ1) is 12.3. The molecule has 6 nitrogen and oxygen atoms in total. The van der Waals surface area contributed by atoms with Gasteiger partial charge in [-0.15, -0.1) is 0 Å². The van der Waals surface area contributed by atoms with E-state index in [4.69, 9.17) is 0 Å². The van der Waals surface area contributed by atoms with Crippen LogP contribution in [0.25, 0.3) is 0 Å². The van der Waals surface area contributed by atoms with Crippen LogP contribution >= 0.6 is 0 Å². The summed E-state index contributed by atoms with van der Waals surface area (Å²) in [6.07, 6.45) is 1.56. The number of pyridine rings is 1. The number of imide groups is 1. The number of carbonyl (C=O) groups is 3. The zero-order valence-corrected chi connectivity index (χ0v) is 15.0. The topological polar surface area (TPSA) is 79.4 Å². The molecule has 3 rings (SSSR count). The van der Waals surface area contributed by atoms with E-state index >= 15 is 0 Å². The van der Waals surface area contributed by atoms with Gasteiger partial charge < -0.3 is 5.32 Å². The summed E-state index contributed by atoms with van der Waals surface area (Å²) < 4.78 is 0. The Morgan fingerprint density at radius 3 is 2.42 bits per heavy atom. The van der Waals surface area contributed by atoms with Crippen molar-refractivity contribution >= 4 is 17.7 Å². The van der Waals surface area contributed by atoms with Gasteiger partial charge in [0.25, 0.3) is 5.91 Å². The lowest BCUT2D eigenvalue weighted by molar-refractivity contribution is -0.130. The molecule has 26 heavy (non-hydrogen) atoms. The van der Waals surface area contributed by atoms with Crippen LogP contribution in [-0.2, 0) is 10.3 Å². The number of urea groups is 1. The Kier molecular flexibility index (Phi) is 4.59. The van der Waals surface area contributed by atoms with Gasteiger partial charge >= 0.3 is 6.03 Å². The molecule has 2 aromatic rings. The highest BCUT2D eigenvalue weighted by molar-refractivity contribution is 6.11. The molecule has 0 spiro atoms. The van der Waals surface area contributed by atoms with E-state index < -0.39 is 17.5 Å². The van der Waals surface area contributed by atoms with Gasteiger partial charge in [0.2, 0.25) is 0 Å². The molecule has 134 valence electrons. The van der Waals surface area contributed by atoms with Crippen LogP contribution in [0.1, 0.15) is 48.3 Å². The fraction of sp³-hybridized carbons (Fsp3) is 0.300. The monoisotopic (exact) mass is 351 g/mol. The van der Waals surface area contributed by atoms with Crippen molar-refractivity contribution < 1.29 is 14.4 Å². The Hall–Kier alpha value is -3.02. The van der Waals surface area contributed by atoms with Crippen LogP contribution in [0, 0.1) is 0 Å². The third kappa shape index (κ3) is 3.10. The number of Topliss-reactive ketones (excluding diaryl/α,β-unsaturated/α-hetero) is 1. The van der Waals surface area contributed by atoms with Crippen molar-refractivity contribution in [2.45, 2.75) is 32.2 Å². The van der Waals surface area contributed by atoms with E-state index in [1.54, 1.807) is 43.5 Å². The average molecular weight is 351 g/mol. The van der Waals surface area contributed by atoms with Crippen LogP contribution in [0.5, 0.6) is 0 Å². The summed E-state index contributed by atoms with van der Waals surface area (Å²) in [6, 6.07) is 11.8. The zero-order valence-electron chi connectivity index (χ0n) is 15.0.